The molecule has 0 rings (SSSR count). The van der Waals surface area contributed by atoms with Gasteiger partial charge < -0.3 is 14.2 Å². The Bertz CT molecular complexity index is 1660. The summed E-state index contributed by atoms with van der Waals surface area (Å²) in [6, 6.07) is 0. The second-order valence-corrected chi connectivity index (χ2v) is 19.5. The number of esters is 3. The van der Waals surface area contributed by atoms with Crippen LogP contribution in [0.15, 0.2) is 146 Å². The molecule has 0 aliphatic carbocycles. The summed E-state index contributed by atoms with van der Waals surface area (Å²) in [5, 5.41) is 0. The van der Waals surface area contributed by atoms with Crippen molar-refractivity contribution in [2.45, 2.75) is 258 Å². The minimum Gasteiger partial charge on any atom is -0.462 e. The molecule has 422 valence electrons. The molecule has 0 aliphatic rings. The Morgan fingerprint density at radius 3 is 0.880 bits per heavy atom. The first kappa shape index (κ1) is 70.3. The lowest BCUT2D eigenvalue weighted by Crippen LogP contribution is -2.30. The fraction of sp³-hybridized carbons (Fsp3) is 0.609. The number of rotatable bonds is 53. The zero-order valence-electron chi connectivity index (χ0n) is 48.3. The first-order valence-corrected chi connectivity index (χ1v) is 30.3. The normalized spacial score (nSPS) is 13.2. The van der Waals surface area contributed by atoms with Crippen LogP contribution >= 0.6 is 0 Å². The van der Waals surface area contributed by atoms with Crippen molar-refractivity contribution in [3.05, 3.63) is 146 Å². The van der Waals surface area contributed by atoms with Crippen molar-refractivity contribution in [2.75, 3.05) is 13.2 Å². The van der Waals surface area contributed by atoms with Crippen molar-refractivity contribution >= 4 is 17.9 Å². The third-order valence-electron chi connectivity index (χ3n) is 12.3. The Morgan fingerprint density at radius 1 is 0.293 bits per heavy atom. The Labute approximate surface area is 461 Å². The number of hydrogen-bond acceptors (Lipinski definition) is 6. The van der Waals surface area contributed by atoms with Gasteiger partial charge in [-0.05, 0) is 116 Å². The summed E-state index contributed by atoms with van der Waals surface area (Å²) < 4.78 is 16.7. The molecule has 75 heavy (non-hydrogen) atoms. The smallest absolute Gasteiger partial charge is 0.310 e. The molecule has 0 aliphatic heterocycles. The van der Waals surface area contributed by atoms with Gasteiger partial charge >= 0.3 is 17.9 Å². The number of allylic oxidation sites excluding steroid dienone is 23. The second-order valence-electron chi connectivity index (χ2n) is 19.5. The van der Waals surface area contributed by atoms with Crippen LogP contribution in [0.3, 0.4) is 0 Å². The number of ether oxygens (including phenoxy) is 3. The minimum absolute atomic E-state index is 0.0885. The lowest BCUT2D eigenvalue weighted by Gasteiger charge is -2.18. The van der Waals surface area contributed by atoms with Gasteiger partial charge in [0.1, 0.15) is 13.2 Å². The average molecular weight is 1040 g/mol. The van der Waals surface area contributed by atoms with E-state index in [1.54, 1.807) is 6.08 Å². The molecule has 0 heterocycles. The third kappa shape index (κ3) is 60.0. The molecule has 0 aromatic carbocycles. The molecule has 6 heteroatoms. The van der Waals surface area contributed by atoms with Crippen molar-refractivity contribution in [1.82, 2.24) is 0 Å². The minimum atomic E-state index is -0.844. The molecule has 1 atom stereocenters. The highest BCUT2D eigenvalue weighted by atomic mass is 16.6. The quantitative estimate of drug-likeness (QED) is 0.0261. The van der Waals surface area contributed by atoms with E-state index in [2.05, 4.69) is 154 Å². The van der Waals surface area contributed by atoms with Gasteiger partial charge in [0.05, 0.1) is 6.42 Å². The van der Waals surface area contributed by atoms with Crippen molar-refractivity contribution in [3.8, 4) is 0 Å². The molecule has 0 aromatic rings. The third-order valence-corrected chi connectivity index (χ3v) is 12.3. The van der Waals surface area contributed by atoms with E-state index in [1.807, 2.05) is 6.08 Å². The summed E-state index contributed by atoms with van der Waals surface area (Å²) in [4.78, 5) is 38.1. The van der Waals surface area contributed by atoms with Crippen molar-refractivity contribution in [1.29, 1.82) is 0 Å². The average Bonchev–Trinajstić information content (AvgIpc) is 3.41. The predicted octanol–water partition coefficient (Wildman–Crippen LogP) is 20.8. The Hall–Kier alpha value is -4.71. The van der Waals surface area contributed by atoms with E-state index < -0.39 is 12.1 Å². The highest BCUT2D eigenvalue weighted by Gasteiger charge is 2.19. The maximum Gasteiger partial charge on any atom is 0.310 e. The first-order chi connectivity index (χ1) is 37.0. The molecular formula is C69H110O6. The van der Waals surface area contributed by atoms with Gasteiger partial charge in [0, 0.05) is 12.8 Å². The lowest BCUT2D eigenvalue weighted by molar-refractivity contribution is -0.166. The largest absolute Gasteiger partial charge is 0.462 e. The van der Waals surface area contributed by atoms with Crippen molar-refractivity contribution < 1.29 is 28.6 Å². The molecular weight excluding hydrogens is 925 g/mol. The molecule has 0 fully saturated rings. The van der Waals surface area contributed by atoms with E-state index in [9.17, 15) is 14.4 Å². The van der Waals surface area contributed by atoms with Gasteiger partial charge in [-0.25, -0.2) is 0 Å². The first-order valence-electron chi connectivity index (χ1n) is 30.3. The molecule has 0 amide bonds. The van der Waals surface area contributed by atoms with Gasteiger partial charge in [0.2, 0.25) is 0 Å². The topological polar surface area (TPSA) is 78.9 Å². The van der Waals surface area contributed by atoms with Crippen LogP contribution in [0.4, 0.5) is 0 Å². The zero-order chi connectivity index (χ0) is 54.3. The molecule has 0 radical (unpaired) electrons. The van der Waals surface area contributed by atoms with Crippen LogP contribution in [0.5, 0.6) is 0 Å². The standard InChI is InChI=1S/C69H110O6/c1-4-7-10-13-16-19-22-25-27-28-29-30-31-32-33-34-35-36-37-38-39-40-42-44-47-50-53-56-59-62-68(71)74-65-66(64-73-67(70)61-58-55-52-49-46-43-24-21-18-15-12-9-6-3)75-69(72)63-60-57-54-51-48-45-41-26-23-20-17-14-11-8-5-2/h7-8,10-12,15-17,19-21,24-27,29-30,32-33,41,48,51,57,60,66H,4-6,9,13-14,18,22-23,28,31,34-40,42-47,49-50,52-56,58-59,61-65H2,1-3H3/b10-7-,11-8-,15-12-,19-16-,20-17-,24-21-,27-25-,30-29-,33-32-,41-26-,51-48-,60-57-. The molecule has 0 spiro atoms. The van der Waals surface area contributed by atoms with E-state index in [0.29, 0.717) is 19.3 Å². The molecule has 0 bridgehead atoms. The van der Waals surface area contributed by atoms with E-state index in [0.717, 1.165) is 128 Å². The monoisotopic (exact) mass is 1030 g/mol. The summed E-state index contributed by atoms with van der Waals surface area (Å²) in [6.45, 7) is 6.24. The summed E-state index contributed by atoms with van der Waals surface area (Å²) >= 11 is 0. The van der Waals surface area contributed by atoms with E-state index in [-0.39, 0.29) is 31.6 Å². The number of carbonyl (C=O) groups is 3. The summed E-state index contributed by atoms with van der Waals surface area (Å²) in [5.74, 6) is -1.08. The summed E-state index contributed by atoms with van der Waals surface area (Å²) in [7, 11) is 0. The van der Waals surface area contributed by atoms with Gasteiger partial charge in [-0.1, -0.05) is 263 Å². The summed E-state index contributed by atoms with van der Waals surface area (Å²) in [5.41, 5.74) is 0. The van der Waals surface area contributed by atoms with Crippen LogP contribution in [0.2, 0.25) is 0 Å². The fourth-order valence-corrected chi connectivity index (χ4v) is 7.88. The zero-order valence-corrected chi connectivity index (χ0v) is 48.3. The molecule has 6 nitrogen and oxygen atoms in total. The Morgan fingerprint density at radius 2 is 0.560 bits per heavy atom. The highest BCUT2D eigenvalue weighted by Crippen LogP contribution is 2.15. The predicted molar refractivity (Wildman–Crippen MR) is 325 cm³/mol. The van der Waals surface area contributed by atoms with Gasteiger partial charge in [0.25, 0.3) is 0 Å². The number of hydrogen-bond donors (Lipinski definition) is 0. The molecule has 0 saturated heterocycles. The van der Waals surface area contributed by atoms with Crippen LogP contribution in [-0.2, 0) is 28.6 Å². The van der Waals surface area contributed by atoms with Crippen LogP contribution in [-0.4, -0.2) is 37.2 Å². The van der Waals surface area contributed by atoms with Crippen molar-refractivity contribution in [3.63, 3.8) is 0 Å². The molecule has 0 aromatic heterocycles. The lowest BCUT2D eigenvalue weighted by atomic mass is 10.0. The second kappa shape index (κ2) is 61.8. The van der Waals surface area contributed by atoms with E-state index in [1.165, 1.54) is 77.0 Å². The Kier molecular flexibility index (Phi) is 58.0. The van der Waals surface area contributed by atoms with Gasteiger partial charge in [0.15, 0.2) is 6.10 Å². The molecule has 0 saturated carbocycles. The van der Waals surface area contributed by atoms with Crippen LogP contribution < -0.4 is 0 Å². The highest BCUT2D eigenvalue weighted by molar-refractivity contribution is 5.72. The molecule has 0 N–H and O–H groups in total. The van der Waals surface area contributed by atoms with E-state index >= 15 is 0 Å². The fourth-order valence-electron chi connectivity index (χ4n) is 7.88. The molecule has 1 unspecified atom stereocenters. The maximum atomic E-state index is 12.8. The van der Waals surface area contributed by atoms with E-state index in [4.69, 9.17) is 14.2 Å². The Balaban J connectivity index is 4.34. The van der Waals surface area contributed by atoms with Crippen LogP contribution in [0.1, 0.15) is 252 Å². The SMILES string of the molecule is CC/C=C\C/C=C\C/C=C\C/C=C\C/C=C\CCCCCCCCCCCCCCCC(=O)OCC(COC(=O)CCCCCCC/C=C\C/C=C\CCC)OC(=O)C/C=C\C/C=C\C/C=C\C/C=C\C/C=C\CC. The number of carbonyl (C=O) groups excluding carboxylic acids is 3. The van der Waals surface area contributed by atoms with Gasteiger partial charge in [-0.2, -0.15) is 0 Å². The van der Waals surface area contributed by atoms with Crippen LogP contribution in [0.25, 0.3) is 0 Å². The van der Waals surface area contributed by atoms with Crippen molar-refractivity contribution in [2.24, 2.45) is 0 Å². The number of unbranched alkanes of at least 4 members (excludes halogenated alkanes) is 19. The van der Waals surface area contributed by atoms with Crippen LogP contribution in [0, 0.1) is 0 Å². The van der Waals surface area contributed by atoms with Gasteiger partial charge in [-0.15, -0.1) is 0 Å². The maximum absolute atomic E-state index is 12.8. The van der Waals surface area contributed by atoms with Gasteiger partial charge in [-0.3, -0.25) is 14.4 Å². The summed E-state index contributed by atoms with van der Waals surface area (Å²) in [6.07, 6.45) is 88.8.